The van der Waals surface area contributed by atoms with Crippen molar-refractivity contribution in [2.75, 3.05) is 0 Å². The summed E-state index contributed by atoms with van der Waals surface area (Å²) in [4.78, 5) is 27.4. The Bertz CT molecular complexity index is 797. The van der Waals surface area contributed by atoms with Gasteiger partial charge in [0.25, 0.3) is 0 Å². The van der Waals surface area contributed by atoms with E-state index in [0.29, 0.717) is 11.3 Å². The standard InChI is InChI=1S/C17H12NO2/c1-11-6-8-12(9-7-11)16(19)17(20)15-14-5-3-2-4-13(14)10-18-15/h2-10,18H,1H2. The lowest BCUT2D eigenvalue weighted by molar-refractivity contribution is 0.0815. The van der Waals surface area contributed by atoms with E-state index in [9.17, 15) is 9.59 Å². The number of benzene rings is 2. The SMILES string of the molecule is [CH2]c1ccc(C(=O)C(=O)c2[nH]cc3ccccc23)cc1. The monoisotopic (exact) mass is 262 g/mol. The first-order valence-electron chi connectivity index (χ1n) is 6.24. The highest BCUT2D eigenvalue weighted by Crippen LogP contribution is 2.19. The fraction of sp³-hybridized carbons (Fsp3) is 0. The number of hydrogen-bond donors (Lipinski definition) is 1. The first-order valence-corrected chi connectivity index (χ1v) is 6.24. The average molecular weight is 262 g/mol. The Morgan fingerprint density at radius 3 is 2.35 bits per heavy atom. The maximum atomic E-state index is 12.3. The zero-order valence-corrected chi connectivity index (χ0v) is 10.7. The molecule has 0 aliphatic heterocycles. The average Bonchev–Trinajstić information content (AvgIpc) is 2.90. The minimum Gasteiger partial charge on any atom is -0.357 e. The topological polar surface area (TPSA) is 49.9 Å². The van der Waals surface area contributed by atoms with Crippen molar-refractivity contribution in [3.8, 4) is 0 Å². The van der Waals surface area contributed by atoms with E-state index >= 15 is 0 Å². The molecule has 0 saturated carbocycles. The van der Waals surface area contributed by atoms with Gasteiger partial charge in [0.1, 0.15) is 0 Å². The van der Waals surface area contributed by atoms with Gasteiger partial charge < -0.3 is 4.98 Å². The van der Waals surface area contributed by atoms with Crippen LogP contribution in [0.2, 0.25) is 0 Å². The van der Waals surface area contributed by atoms with Crippen LogP contribution in [0.3, 0.4) is 0 Å². The molecule has 3 rings (SSSR count). The van der Waals surface area contributed by atoms with Crippen LogP contribution in [0.5, 0.6) is 0 Å². The number of rotatable bonds is 3. The van der Waals surface area contributed by atoms with Crippen LogP contribution in [0.4, 0.5) is 0 Å². The smallest absolute Gasteiger partial charge is 0.250 e. The van der Waals surface area contributed by atoms with Crippen molar-refractivity contribution in [3.63, 3.8) is 0 Å². The molecule has 1 heterocycles. The molecule has 0 aliphatic rings. The second-order valence-corrected chi connectivity index (χ2v) is 4.61. The van der Waals surface area contributed by atoms with Crippen LogP contribution in [-0.2, 0) is 0 Å². The van der Waals surface area contributed by atoms with Crippen LogP contribution < -0.4 is 0 Å². The Labute approximate surface area is 116 Å². The van der Waals surface area contributed by atoms with Crippen molar-refractivity contribution in [3.05, 3.63) is 78.5 Å². The van der Waals surface area contributed by atoms with Crippen molar-refractivity contribution < 1.29 is 9.59 Å². The number of fused-ring (bicyclic) bond motifs is 1. The number of nitrogens with one attached hydrogen (secondary N) is 1. The predicted octanol–water partition coefficient (Wildman–Crippen LogP) is 3.42. The molecule has 0 aliphatic carbocycles. The lowest BCUT2D eigenvalue weighted by Gasteiger charge is -2.00. The van der Waals surface area contributed by atoms with Gasteiger partial charge in [-0.15, -0.1) is 0 Å². The number of ketones is 2. The largest absolute Gasteiger partial charge is 0.357 e. The summed E-state index contributed by atoms with van der Waals surface area (Å²) in [7, 11) is 0. The van der Waals surface area contributed by atoms with Gasteiger partial charge in [-0.05, 0) is 17.9 Å². The number of carbonyl (C=O) groups is 2. The molecule has 0 fully saturated rings. The molecule has 0 bridgehead atoms. The molecule has 0 amide bonds. The van der Waals surface area contributed by atoms with Gasteiger partial charge in [-0.25, -0.2) is 0 Å². The van der Waals surface area contributed by atoms with E-state index < -0.39 is 11.6 Å². The third-order valence-electron chi connectivity index (χ3n) is 3.25. The quantitative estimate of drug-likeness (QED) is 0.581. The molecule has 97 valence electrons. The summed E-state index contributed by atoms with van der Waals surface area (Å²) in [6.07, 6.45) is 1.73. The van der Waals surface area contributed by atoms with E-state index in [1.165, 1.54) is 0 Å². The number of aromatic nitrogens is 1. The summed E-state index contributed by atoms with van der Waals surface area (Å²) in [6.45, 7) is 3.75. The highest BCUT2D eigenvalue weighted by Gasteiger charge is 2.21. The Morgan fingerprint density at radius 1 is 0.900 bits per heavy atom. The number of hydrogen-bond acceptors (Lipinski definition) is 2. The molecule has 1 aromatic heterocycles. The lowest BCUT2D eigenvalue weighted by Crippen LogP contribution is -2.15. The summed E-state index contributed by atoms with van der Waals surface area (Å²) >= 11 is 0. The minimum atomic E-state index is -0.525. The van der Waals surface area contributed by atoms with Gasteiger partial charge in [0, 0.05) is 17.1 Å². The highest BCUT2D eigenvalue weighted by molar-refractivity contribution is 6.50. The van der Waals surface area contributed by atoms with E-state index in [0.717, 1.165) is 16.3 Å². The number of Topliss-reactive ketones (excluding diaryl/α,β-unsaturated/α-hetero) is 2. The van der Waals surface area contributed by atoms with Gasteiger partial charge in [0.05, 0.1) is 5.69 Å². The van der Waals surface area contributed by atoms with Gasteiger partial charge in [-0.3, -0.25) is 9.59 Å². The molecular weight excluding hydrogens is 250 g/mol. The number of carbonyl (C=O) groups excluding carboxylic acids is 2. The fourth-order valence-electron chi connectivity index (χ4n) is 2.17. The third kappa shape index (κ3) is 2.03. The molecule has 0 saturated heterocycles. The Morgan fingerprint density at radius 2 is 1.60 bits per heavy atom. The van der Waals surface area contributed by atoms with Crippen LogP contribution in [-0.4, -0.2) is 16.6 Å². The second-order valence-electron chi connectivity index (χ2n) is 4.61. The van der Waals surface area contributed by atoms with Gasteiger partial charge in [0.15, 0.2) is 0 Å². The van der Waals surface area contributed by atoms with E-state index in [1.54, 1.807) is 30.5 Å². The molecular formula is C17H12NO2. The molecule has 1 radical (unpaired) electrons. The Balaban J connectivity index is 2.00. The summed E-state index contributed by atoms with van der Waals surface area (Å²) in [5, 5.41) is 1.68. The lowest BCUT2D eigenvalue weighted by atomic mass is 10.0. The Kier molecular flexibility index (Phi) is 2.95. The Hall–Kier alpha value is -2.68. The van der Waals surface area contributed by atoms with Gasteiger partial charge in [0.2, 0.25) is 11.6 Å². The number of aromatic amines is 1. The predicted molar refractivity (Wildman–Crippen MR) is 77.9 cm³/mol. The van der Waals surface area contributed by atoms with Gasteiger partial charge in [-0.1, -0.05) is 48.5 Å². The molecule has 0 unspecified atom stereocenters. The van der Waals surface area contributed by atoms with Crippen LogP contribution in [0.25, 0.3) is 10.8 Å². The normalized spacial score (nSPS) is 10.7. The van der Waals surface area contributed by atoms with Crippen molar-refractivity contribution in [1.29, 1.82) is 0 Å². The van der Waals surface area contributed by atoms with Crippen molar-refractivity contribution >= 4 is 22.3 Å². The maximum absolute atomic E-state index is 12.3. The van der Waals surface area contributed by atoms with Crippen molar-refractivity contribution in [2.24, 2.45) is 0 Å². The van der Waals surface area contributed by atoms with Crippen molar-refractivity contribution in [1.82, 2.24) is 4.98 Å². The minimum absolute atomic E-state index is 0.337. The molecule has 3 heteroatoms. The van der Waals surface area contributed by atoms with E-state index in [4.69, 9.17) is 0 Å². The summed E-state index contributed by atoms with van der Waals surface area (Å²) in [5.74, 6) is -1.04. The summed E-state index contributed by atoms with van der Waals surface area (Å²) in [6, 6.07) is 14.1. The van der Waals surface area contributed by atoms with E-state index in [-0.39, 0.29) is 0 Å². The number of H-pyrrole nitrogens is 1. The molecule has 2 aromatic carbocycles. The zero-order chi connectivity index (χ0) is 14.1. The zero-order valence-electron chi connectivity index (χ0n) is 10.7. The van der Waals surface area contributed by atoms with Crippen LogP contribution in [0.1, 0.15) is 26.4 Å². The van der Waals surface area contributed by atoms with Gasteiger partial charge >= 0.3 is 0 Å². The molecule has 1 N–H and O–H groups in total. The van der Waals surface area contributed by atoms with Gasteiger partial charge in [-0.2, -0.15) is 0 Å². The van der Waals surface area contributed by atoms with E-state index in [2.05, 4.69) is 11.9 Å². The molecule has 0 atom stereocenters. The van der Waals surface area contributed by atoms with Crippen LogP contribution in [0, 0.1) is 6.92 Å². The second kappa shape index (κ2) is 4.78. The van der Waals surface area contributed by atoms with Crippen LogP contribution in [0.15, 0.2) is 54.7 Å². The fourth-order valence-corrected chi connectivity index (χ4v) is 2.17. The molecule has 0 spiro atoms. The highest BCUT2D eigenvalue weighted by atomic mass is 16.2. The molecule has 20 heavy (non-hydrogen) atoms. The first kappa shape index (κ1) is 12.4. The van der Waals surface area contributed by atoms with Crippen molar-refractivity contribution in [2.45, 2.75) is 0 Å². The van der Waals surface area contributed by atoms with Crippen LogP contribution >= 0.6 is 0 Å². The molecule has 3 nitrogen and oxygen atoms in total. The summed E-state index contributed by atoms with van der Waals surface area (Å²) in [5.41, 5.74) is 1.52. The summed E-state index contributed by atoms with van der Waals surface area (Å²) < 4.78 is 0. The maximum Gasteiger partial charge on any atom is 0.250 e. The van der Waals surface area contributed by atoms with E-state index in [1.807, 2.05) is 24.3 Å². The molecule has 3 aromatic rings. The third-order valence-corrected chi connectivity index (χ3v) is 3.25. The first-order chi connectivity index (χ1) is 9.66.